The lowest BCUT2D eigenvalue weighted by atomic mass is 10.2. The Bertz CT molecular complexity index is 662. The van der Waals surface area contributed by atoms with E-state index < -0.39 is 4.92 Å². The lowest BCUT2D eigenvalue weighted by molar-refractivity contribution is -0.384. The quantitative estimate of drug-likeness (QED) is 0.429. The molecule has 0 spiro atoms. The van der Waals surface area contributed by atoms with Gasteiger partial charge in [-0.1, -0.05) is 30.3 Å². The van der Waals surface area contributed by atoms with Crippen molar-refractivity contribution in [1.82, 2.24) is 5.32 Å². The second-order valence-electron chi connectivity index (χ2n) is 4.93. The first-order chi connectivity index (χ1) is 11.6. The molecule has 0 radical (unpaired) electrons. The number of rotatable bonds is 9. The first kappa shape index (κ1) is 17.8. The molecule has 0 aromatic heterocycles. The number of nitro benzene ring substituents is 1. The summed E-state index contributed by atoms with van der Waals surface area (Å²) in [5, 5.41) is 13.4. The van der Waals surface area contributed by atoms with Gasteiger partial charge in [0.1, 0.15) is 12.4 Å². The summed E-state index contributed by atoms with van der Waals surface area (Å²) in [6.07, 6.45) is 0. The summed E-state index contributed by atoms with van der Waals surface area (Å²) < 4.78 is 5.48. The van der Waals surface area contributed by atoms with Crippen LogP contribution in [0, 0.1) is 10.1 Å². The van der Waals surface area contributed by atoms with Crippen molar-refractivity contribution in [3.8, 4) is 5.75 Å². The Kier molecular flexibility index (Phi) is 7.10. The van der Waals surface area contributed by atoms with Crippen molar-refractivity contribution in [1.29, 1.82) is 0 Å². The van der Waals surface area contributed by atoms with E-state index in [0.29, 0.717) is 24.7 Å². The highest BCUT2D eigenvalue weighted by molar-refractivity contribution is 7.99. The van der Waals surface area contributed by atoms with Gasteiger partial charge < -0.3 is 10.1 Å². The van der Waals surface area contributed by atoms with E-state index in [1.54, 1.807) is 12.1 Å². The van der Waals surface area contributed by atoms with Crippen LogP contribution in [0.15, 0.2) is 54.6 Å². The standard InChI is InChI=1S/C17H18N2O4S/c20-17(18-10-11-23-16-4-2-1-3-5-16)13-24-12-14-6-8-15(9-7-14)19(21)22/h1-9H,10-13H2,(H,18,20). The van der Waals surface area contributed by atoms with Gasteiger partial charge in [-0.3, -0.25) is 14.9 Å². The van der Waals surface area contributed by atoms with Crippen molar-refractivity contribution < 1.29 is 14.5 Å². The first-order valence-electron chi connectivity index (χ1n) is 7.41. The fourth-order valence-corrected chi connectivity index (χ4v) is 2.72. The van der Waals surface area contributed by atoms with Crippen molar-refractivity contribution in [2.24, 2.45) is 0 Å². The fraction of sp³-hybridized carbons (Fsp3) is 0.235. The van der Waals surface area contributed by atoms with Gasteiger partial charge in [0.2, 0.25) is 5.91 Å². The molecule has 2 aromatic carbocycles. The number of hydrogen-bond donors (Lipinski definition) is 1. The Morgan fingerprint density at radius 2 is 1.83 bits per heavy atom. The van der Waals surface area contributed by atoms with Gasteiger partial charge in [0, 0.05) is 17.9 Å². The van der Waals surface area contributed by atoms with Crippen molar-refractivity contribution >= 4 is 23.4 Å². The number of ether oxygens (including phenoxy) is 1. The van der Waals surface area contributed by atoms with Crippen molar-refractivity contribution in [3.05, 3.63) is 70.3 Å². The number of amides is 1. The van der Waals surface area contributed by atoms with Crippen LogP contribution in [0.3, 0.4) is 0 Å². The van der Waals surface area contributed by atoms with Gasteiger partial charge in [-0.15, -0.1) is 11.8 Å². The molecule has 0 saturated carbocycles. The molecule has 0 saturated heterocycles. The van der Waals surface area contributed by atoms with Gasteiger partial charge in [0.15, 0.2) is 0 Å². The smallest absolute Gasteiger partial charge is 0.269 e. The molecule has 2 aromatic rings. The Labute approximate surface area is 144 Å². The molecule has 1 amide bonds. The molecule has 0 atom stereocenters. The van der Waals surface area contributed by atoms with E-state index in [2.05, 4.69) is 5.32 Å². The van der Waals surface area contributed by atoms with Gasteiger partial charge in [-0.05, 0) is 17.7 Å². The lowest BCUT2D eigenvalue weighted by Gasteiger charge is -2.07. The third kappa shape index (κ3) is 6.29. The number of nitrogens with zero attached hydrogens (tertiary/aromatic N) is 1. The van der Waals surface area contributed by atoms with Crippen LogP contribution >= 0.6 is 11.8 Å². The number of non-ortho nitro benzene ring substituents is 1. The summed E-state index contributed by atoms with van der Waals surface area (Å²) in [7, 11) is 0. The van der Waals surface area contributed by atoms with Crippen LogP contribution in [0.4, 0.5) is 5.69 Å². The molecule has 1 N–H and O–H groups in total. The maximum absolute atomic E-state index is 11.7. The van der Waals surface area contributed by atoms with Gasteiger partial charge in [-0.25, -0.2) is 0 Å². The third-order valence-corrected chi connectivity index (χ3v) is 4.09. The molecule has 0 aliphatic heterocycles. The number of carbonyl (C=O) groups is 1. The predicted molar refractivity (Wildman–Crippen MR) is 94.2 cm³/mol. The van der Waals surface area contributed by atoms with Crippen molar-refractivity contribution in [3.63, 3.8) is 0 Å². The van der Waals surface area contributed by atoms with Crippen LogP contribution < -0.4 is 10.1 Å². The van der Waals surface area contributed by atoms with Crippen LogP contribution in [0.1, 0.15) is 5.56 Å². The highest BCUT2D eigenvalue weighted by Crippen LogP contribution is 2.16. The zero-order valence-corrected chi connectivity index (χ0v) is 13.8. The highest BCUT2D eigenvalue weighted by atomic mass is 32.2. The van der Waals surface area contributed by atoms with Crippen molar-refractivity contribution in [2.45, 2.75) is 5.75 Å². The molecule has 2 rings (SSSR count). The number of carbonyl (C=O) groups excluding carboxylic acids is 1. The average molecular weight is 346 g/mol. The van der Waals surface area contributed by atoms with Gasteiger partial charge in [0.25, 0.3) is 5.69 Å². The minimum absolute atomic E-state index is 0.0569. The Hall–Kier alpha value is -2.54. The average Bonchev–Trinajstić information content (AvgIpc) is 2.60. The molecule has 0 fully saturated rings. The molecule has 126 valence electrons. The molecule has 7 heteroatoms. The summed E-state index contributed by atoms with van der Waals surface area (Å²) in [5.41, 5.74) is 1.02. The maximum atomic E-state index is 11.7. The topological polar surface area (TPSA) is 81.5 Å². The van der Waals surface area contributed by atoms with Crippen LogP contribution in [0.25, 0.3) is 0 Å². The number of benzene rings is 2. The normalized spacial score (nSPS) is 10.2. The molecule has 0 aliphatic carbocycles. The minimum atomic E-state index is -0.429. The van der Waals surface area contributed by atoms with Gasteiger partial charge in [-0.2, -0.15) is 0 Å². The van der Waals surface area contributed by atoms with Gasteiger partial charge in [0.05, 0.1) is 17.2 Å². The van der Waals surface area contributed by atoms with Crippen LogP contribution in [-0.4, -0.2) is 29.7 Å². The maximum Gasteiger partial charge on any atom is 0.269 e. The summed E-state index contributed by atoms with van der Waals surface area (Å²) >= 11 is 1.46. The number of hydrogen-bond acceptors (Lipinski definition) is 5. The molecular weight excluding hydrogens is 328 g/mol. The zero-order chi connectivity index (χ0) is 17.2. The number of nitrogens with one attached hydrogen (secondary N) is 1. The molecule has 0 bridgehead atoms. The fourth-order valence-electron chi connectivity index (χ4n) is 1.90. The summed E-state index contributed by atoms with van der Waals surface area (Å²) in [4.78, 5) is 21.9. The molecule has 6 nitrogen and oxygen atoms in total. The summed E-state index contributed by atoms with van der Waals surface area (Å²) in [6, 6.07) is 15.8. The van der Waals surface area contributed by atoms with E-state index in [1.165, 1.54) is 23.9 Å². The monoisotopic (exact) mass is 346 g/mol. The van der Waals surface area contributed by atoms with Crippen LogP contribution in [0.2, 0.25) is 0 Å². The minimum Gasteiger partial charge on any atom is -0.492 e. The van der Waals surface area contributed by atoms with E-state index in [4.69, 9.17) is 4.74 Å². The summed E-state index contributed by atoms with van der Waals surface area (Å²) in [6.45, 7) is 0.870. The number of para-hydroxylation sites is 1. The van der Waals surface area contributed by atoms with Crippen molar-refractivity contribution in [2.75, 3.05) is 18.9 Å². The van der Waals surface area contributed by atoms with Crippen LogP contribution in [-0.2, 0) is 10.5 Å². The molecule has 0 aliphatic rings. The van der Waals surface area contributed by atoms with E-state index >= 15 is 0 Å². The van der Waals surface area contributed by atoms with E-state index in [0.717, 1.165) is 11.3 Å². The molecule has 0 unspecified atom stereocenters. The number of nitro groups is 1. The second kappa shape index (κ2) is 9.57. The molecule has 0 heterocycles. The molecular formula is C17H18N2O4S. The van der Waals surface area contributed by atoms with E-state index in [-0.39, 0.29) is 11.6 Å². The Morgan fingerprint density at radius 3 is 2.50 bits per heavy atom. The SMILES string of the molecule is O=C(CSCc1ccc([N+](=O)[O-])cc1)NCCOc1ccccc1. The summed E-state index contributed by atoms with van der Waals surface area (Å²) in [5.74, 6) is 1.69. The zero-order valence-electron chi connectivity index (χ0n) is 13.0. The molecule has 24 heavy (non-hydrogen) atoms. The van der Waals surface area contributed by atoms with E-state index in [1.807, 2.05) is 30.3 Å². The number of thioether (sulfide) groups is 1. The predicted octanol–water partition coefficient (Wildman–Crippen LogP) is 3.02. The largest absolute Gasteiger partial charge is 0.492 e. The third-order valence-electron chi connectivity index (χ3n) is 3.09. The second-order valence-corrected chi connectivity index (χ2v) is 5.91. The lowest BCUT2D eigenvalue weighted by Crippen LogP contribution is -2.29. The van der Waals surface area contributed by atoms with E-state index in [9.17, 15) is 14.9 Å². The van der Waals surface area contributed by atoms with Crippen LogP contribution in [0.5, 0.6) is 5.75 Å². The van der Waals surface area contributed by atoms with Gasteiger partial charge >= 0.3 is 0 Å². The Balaban J connectivity index is 1.58. The first-order valence-corrected chi connectivity index (χ1v) is 8.56. The Morgan fingerprint density at radius 1 is 1.12 bits per heavy atom. The highest BCUT2D eigenvalue weighted by Gasteiger charge is 2.05.